The second-order valence-corrected chi connectivity index (χ2v) is 8.50. The summed E-state index contributed by atoms with van der Waals surface area (Å²) in [6, 6.07) is 4.51. The van der Waals surface area contributed by atoms with Crippen LogP contribution in [0.2, 0.25) is 0 Å². The van der Waals surface area contributed by atoms with Crippen LogP contribution in [0.4, 0.5) is 5.69 Å². The van der Waals surface area contributed by atoms with E-state index in [1.165, 1.54) is 19.1 Å². The molecule has 1 amide bonds. The van der Waals surface area contributed by atoms with E-state index in [1.54, 1.807) is 6.07 Å². The second-order valence-electron chi connectivity index (χ2n) is 5.34. The molecule has 0 saturated heterocycles. The van der Waals surface area contributed by atoms with E-state index < -0.39 is 21.0 Å². The van der Waals surface area contributed by atoms with Gasteiger partial charge in [0.25, 0.3) is 0 Å². The lowest BCUT2D eigenvalue weighted by molar-refractivity contribution is -0.120. The minimum Gasteiger partial charge on any atom is -0.398 e. The second kappa shape index (κ2) is 7.26. The van der Waals surface area contributed by atoms with Crippen LogP contribution in [0.1, 0.15) is 27.2 Å². The van der Waals surface area contributed by atoms with Crippen molar-refractivity contribution in [3.05, 3.63) is 22.7 Å². The number of nitrogens with two attached hydrogens (primary N) is 1. The quantitative estimate of drug-likeness (QED) is 0.745. The van der Waals surface area contributed by atoms with Crippen molar-refractivity contribution < 1.29 is 13.2 Å². The maximum absolute atomic E-state index is 12.4. The Kier molecular flexibility index (Phi) is 6.22. The lowest BCUT2D eigenvalue weighted by Crippen LogP contribution is -2.38. The summed E-state index contributed by atoms with van der Waals surface area (Å²) in [5.41, 5.74) is 5.88. The summed E-state index contributed by atoms with van der Waals surface area (Å²) >= 11 is 3.22. The van der Waals surface area contributed by atoms with E-state index in [0.29, 0.717) is 16.9 Å². The summed E-state index contributed by atoms with van der Waals surface area (Å²) in [5.74, 6) is -0.0581. The zero-order chi connectivity index (χ0) is 16.2. The van der Waals surface area contributed by atoms with Crippen molar-refractivity contribution in [2.24, 2.45) is 5.92 Å². The third-order valence-corrected chi connectivity index (χ3v) is 5.76. The highest BCUT2D eigenvalue weighted by molar-refractivity contribution is 9.10. The van der Waals surface area contributed by atoms with E-state index in [9.17, 15) is 13.2 Å². The van der Waals surface area contributed by atoms with Crippen molar-refractivity contribution in [1.82, 2.24) is 5.32 Å². The van der Waals surface area contributed by atoms with E-state index in [1.807, 2.05) is 13.8 Å². The number of nitrogen functional groups attached to an aromatic ring is 1. The number of hydrogen-bond acceptors (Lipinski definition) is 4. The van der Waals surface area contributed by atoms with Gasteiger partial charge in [0.05, 0.1) is 10.6 Å². The highest BCUT2D eigenvalue weighted by Gasteiger charge is 2.31. The molecule has 0 spiro atoms. The first-order valence-electron chi connectivity index (χ1n) is 6.73. The number of amides is 1. The van der Waals surface area contributed by atoms with E-state index in [-0.39, 0.29) is 10.6 Å². The average molecular weight is 377 g/mol. The monoisotopic (exact) mass is 376 g/mol. The molecule has 3 N–H and O–H groups in total. The molecule has 0 aromatic heterocycles. The van der Waals surface area contributed by atoms with Gasteiger partial charge in [-0.1, -0.05) is 29.8 Å². The van der Waals surface area contributed by atoms with Crippen LogP contribution < -0.4 is 11.1 Å². The molecule has 0 saturated carbocycles. The van der Waals surface area contributed by atoms with Gasteiger partial charge in [-0.2, -0.15) is 0 Å². The molecule has 0 aliphatic rings. The number of carbonyl (C=O) groups excluding carboxylic acids is 1. The molecule has 0 fully saturated rings. The number of carbonyl (C=O) groups is 1. The summed E-state index contributed by atoms with van der Waals surface area (Å²) in [4.78, 5) is 12.0. The normalized spacial score (nSPS) is 13.2. The van der Waals surface area contributed by atoms with Gasteiger partial charge in [0.15, 0.2) is 9.84 Å². The van der Waals surface area contributed by atoms with Crippen LogP contribution >= 0.6 is 15.9 Å². The maximum atomic E-state index is 12.4. The lowest BCUT2D eigenvalue weighted by Gasteiger charge is -2.15. The third kappa shape index (κ3) is 4.71. The van der Waals surface area contributed by atoms with Gasteiger partial charge in [-0.05, 0) is 37.5 Å². The Morgan fingerprint density at radius 3 is 2.48 bits per heavy atom. The van der Waals surface area contributed by atoms with Crippen LogP contribution in [-0.4, -0.2) is 26.1 Å². The largest absolute Gasteiger partial charge is 0.398 e. The van der Waals surface area contributed by atoms with Gasteiger partial charge in [0.1, 0.15) is 5.25 Å². The Morgan fingerprint density at radius 1 is 1.33 bits per heavy atom. The van der Waals surface area contributed by atoms with Crippen LogP contribution in [0.5, 0.6) is 0 Å². The van der Waals surface area contributed by atoms with E-state index in [2.05, 4.69) is 21.2 Å². The summed E-state index contributed by atoms with van der Waals surface area (Å²) in [6.07, 6.45) is 0.804. The average Bonchev–Trinajstić information content (AvgIpc) is 2.36. The topological polar surface area (TPSA) is 89.3 Å². The molecule has 0 aliphatic carbocycles. The van der Waals surface area contributed by atoms with Gasteiger partial charge >= 0.3 is 0 Å². The molecule has 118 valence electrons. The van der Waals surface area contributed by atoms with Crippen LogP contribution in [0, 0.1) is 5.92 Å². The maximum Gasteiger partial charge on any atom is 0.238 e. The van der Waals surface area contributed by atoms with Gasteiger partial charge < -0.3 is 11.1 Å². The van der Waals surface area contributed by atoms with E-state index in [0.717, 1.165) is 6.42 Å². The molecule has 0 aliphatic heterocycles. The van der Waals surface area contributed by atoms with Crippen molar-refractivity contribution in [2.75, 3.05) is 12.3 Å². The molecule has 1 unspecified atom stereocenters. The first-order chi connectivity index (χ1) is 9.66. The fourth-order valence-corrected chi connectivity index (χ4v) is 3.51. The Labute approximate surface area is 134 Å². The zero-order valence-corrected chi connectivity index (χ0v) is 14.8. The Morgan fingerprint density at radius 2 is 1.95 bits per heavy atom. The molecule has 5 nitrogen and oxygen atoms in total. The van der Waals surface area contributed by atoms with Gasteiger partial charge in [-0.25, -0.2) is 8.42 Å². The lowest BCUT2D eigenvalue weighted by atomic mass is 10.1. The molecule has 1 aromatic rings. The molecular formula is C14H21BrN2O3S. The van der Waals surface area contributed by atoms with Gasteiger partial charge in [-0.3, -0.25) is 4.79 Å². The number of rotatable bonds is 6. The minimum atomic E-state index is -3.79. The summed E-state index contributed by atoms with van der Waals surface area (Å²) in [6.45, 7) is 5.91. The van der Waals surface area contributed by atoms with Gasteiger partial charge in [0, 0.05) is 11.0 Å². The first-order valence-corrected chi connectivity index (χ1v) is 9.06. The molecule has 0 bridgehead atoms. The van der Waals surface area contributed by atoms with E-state index in [4.69, 9.17) is 5.73 Å². The summed E-state index contributed by atoms with van der Waals surface area (Å²) in [7, 11) is -3.79. The van der Waals surface area contributed by atoms with Crippen LogP contribution in [0.3, 0.4) is 0 Å². The predicted octanol–water partition coefficient (Wildman–Crippen LogP) is 2.36. The Balaban J connectivity index is 2.88. The SMILES string of the molecule is CC(C)CCNC(=O)C(C)S(=O)(=O)c1ccc(Br)cc1N. The molecule has 21 heavy (non-hydrogen) atoms. The number of sulfone groups is 1. The number of benzene rings is 1. The van der Waals surface area contributed by atoms with Gasteiger partial charge in [0.2, 0.25) is 5.91 Å². The Hall–Kier alpha value is -1.08. The van der Waals surface area contributed by atoms with Crippen molar-refractivity contribution in [2.45, 2.75) is 37.3 Å². The van der Waals surface area contributed by atoms with Crippen LogP contribution in [0.15, 0.2) is 27.6 Å². The van der Waals surface area contributed by atoms with Crippen molar-refractivity contribution in [3.63, 3.8) is 0 Å². The van der Waals surface area contributed by atoms with Crippen molar-refractivity contribution in [1.29, 1.82) is 0 Å². The fourth-order valence-electron chi connectivity index (χ4n) is 1.74. The molecular weight excluding hydrogens is 356 g/mol. The standard InChI is InChI=1S/C14H21BrN2O3S/c1-9(2)6-7-17-14(18)10(3)21(19,20)13-5-4-11(15)8-12(13)16/h4-5,8-10H,6-7,16H2,1-3H3,(H,17,18). The molecule has 0 heterocycles. The number of anilines is 1. The number of hydrogen-bond donors (Lipinski definition) is 2. The van der Waals surface area contributed by atoms with Crippen molar-refractivity contribution in [3.8, 4) is 0 Å². The smallest absolute Gasteiger partial charge is 0.238 e. The molecule has 1 rings (SSSR count). The summed E-state index contributed by atoms with van der Waals surface area (Å²) < 4.78 is 25.6. The first kappa shape index (κ1) is 18.0. The highest BCUT2D eigenvalue weighted by atomic mass is 79.9. The third-order valence-electron chi connectivity index (χ3n) is 3.13. The number of halogens is 1. The minimum absolute atomic E-state index is 0.0165. The van der Waals surface area contributed by atoms with Crippen LogP contribution in [-0.2, 0) is 14.6 Å². The highest BCUT2D eigenvalue weighted by Crippen LogP contribution is 2.26. The molecule has 0 radical (unpaired) electrons. The Bertz CT molecular complexity index is 615. The summed E-state index contributed by atoms with van der Waals surface area (Å²) in [5, 5.41) is 1.48. The fraction of sp³-hybridized carbons (Fsp3) is 0.500. The van der Waals surface area contributed by atoms with Crippen LogP contribution in [0.25, 0.3) is 0 Å². The number of nitrogens with one attached hydrogen (secondary N) is 1. The van der Waals surface area contributed by atoms with Crippen molar-refractivity contribution >= 4 is 37.4 Å². The predicted molar refractivity (Wildman–Crippen MR) is 87.7 cm³/mol. The zero-order valence-electron chi connectivity index (χ0n) is 12.4. The molecule has 1 aromatic carbocycles. The van der Waals surface area contributed by atoms with Gasteiger partial charge in [-0.15, -0.1) is 0 Å². The molecule has 7 heteroatoms. The molecule has 1 atom stereocenters. The van der Waals surface area contributed by atoms with E-state index >= 15 is 0 Å².